The monoisotopic (exact) mass is 439 g/mol. The van der Waals surface area contributed by atoms with Crippen molar-refractivity contribution in [1.29, 1.82) is 0 Å². The lowest BCUT2D eigenvalue weighted by Crippen LogP contribution is -2.20. The van der Waals surface area contributed by atoms with Crippen molar-refractivity contribution >= 4 is 34.2 Å². The predicted molar refractivity (Wildman–Crippen MR) is 85.1 cm³/mol. The number of carbonyl (C=O) groups excluding carboxylic acids is 1. The SMILES string of the molecule is O=C(Nc1ccccc1OCC(F)(F)F)c1ccc(F)cc1I. The Morgan fingerprint density at radius 2 is 1.87 bits per heavy atom. The summed E-state index contributed by atoms with van der Waals surface area (Å²) in [7, 11) is 0. The van der Waals surface area contributed by atoms with Crippen LogP contribution in [0.5, 0.6) is 5.75 Å². The lowest BCUT2D eigenvalue weighted by molar-refractivity contribution is -0.153. The van der Waals surface area contributed by atoms with E-state index in [1.54, 1.807) is 28.7 Å². The fourth-order valence-electron chi connectivity index (χ4n) is 1.72. The van der Waals surface area contributed by atoms with Gasteiger partial charge in [0.25, 0.3) is 5.91 Å². The van der Waals surface area contributed by atoms with Crippen LogP contribution in [0, 0.1) is 9.39 Å². The van der Waals surface area contributed by atoms with Gasteiger partial charge in [0.1, 0.15) is 11.6 Å². The molecule has 0 atom stereocenters. The Kier molecular flexibility index (Phi) is 5.45. The number of halogens is 5. The molecule has 0 spiro atoms. The molecule has 8 heteroatoms. The van der Waals surface area contributed by atoms with Crippen LogP contribution in [0.1, 0.15) is 10.4 Å². The fraction of sp³-hybridized carbons (Fsp3) is 0.133. The second-order valence-corrected chi connectivity index (χ2v) is 5.64. The highest BCUT2D eigenvalue weighted by Crippen LogP contribution is 2.27. The average Bonchev–Trinajstić information content (AvgIpc) is 2.45. The van der Waals surface area contributed by atoms with E-state index < -0.39 is 24.5 Å². The second-order valence-electron chi connectivity index (χ2n) is 4.48. The third kappa shape index (κ3) is 5.08. The molecule has 0 bridgehead atoms. The second kappa shape index (κ2) is 7.16. The largest absolute Gasteiger partial charge is 0.482 e. The number of rotatable bonds is 4. The summed E-state index contributed by atoms with van der Waals surface area (Å²) in [6.07, 6.45) is -4.48. The first-order chi connectivity index (χ1) is 10.8. The van der Waals surface area contributed by atoms with Crippen LogP contribution >= 0.6 is 22.6 Å². The molecule has 23 heavy (non-hydrogen) atoms. The summed E-state index contributed by atoms with van der Waals surface area (Å²) in [5.74, 6) is -1.16. The van der Waals surface area contributed by atoms with Crippen molar-refractivity contribution < 1.29 is 27.1 Å². The molecule has 0 aliphatic carbocycles. The van der Waals surface area contributed by atoms with Gasteiger partial charge in [0, 0.05) is 3.57 Å². The van der Waals surface area contributed by atoms with E-state index in [2.05, 4.69) is 10.1 Å². The Balaban J connectivity index is 2.18. The zero-order chi connectivity index (χ0) is 17.0. The summed E-state index contributed by atoms with van der Waals surface area (Å²) in [6.45, 7) is -1.46. The van der Waals surface area contributed by atoms with Gasteiger partial charge >= 0.3 is 6.18 Å². The van der Waals surface area contributed by atoms with Crippen LogP contribution in [0.3, 0.4) is 0 Å². The molecule has 0 fully saturated rings. The lowest BCUT2D eigenvalue weighted by atomic mass is 10.2. The van der Waals surface area contributed by atoms with Gasteiger partial charge in [-0.2, -0.15) is 13.2 Å². The first-order valence-corrected chi connectivity index (χ1v) is 7.39. The van der Waals surface area contributed by atoms with Gasteiger partial charge in [0.15, 0.2) is 6.61 Å². The molecule has 0 heterocycles. The molecule has 1 amide bonds. The van der Waals surface area contributed by atoms with Gasteiger partial charge in [0.05, 0.1) is 11.3 Å². The van der Waals surface area contributed by atoms with E-state index >= 15 is 0 Å². The van der Waals surface area contributed by atoms with Gasteiger partial charge in [-0.1, -0.05) is 12.1 Å². The smallest absolute Gasteiger partial charge is 0.422 e. The highest BCUT2D eigenvalue weighted by molar-refractivity contribution is 14.1. The maximum Gasteiger partial charge on any atom is 0.422 e. The van der Waals surface area contributed by atoms with E-state index in [1.807, 2.05) is 0 Å². The van der Waals surface area contributed by atoms with E-state index in [-0.39, 0.29) is 17.0 Å². The summed E-state index contributed by atoms with van der Waals surface area (Å²) < 4.78 is 54.8. The molecule has 122 valence electrons. The standard InChI is InChI=1S/C15H10F4INO2/c16-9-5-6-10(11(20)7-9)14(22)21-12-3-1-2-4-13(12)23-8-15(17,18)19/h1-7H,8H2,(H,21,22). The summed E-state index contributed by atoms with van der Waals surface area (Å²) in [6, 6.07) is 9.38. The first-order valence-electron chi connectivity index (χ1n) is 6.31. The molecule has 0 aliphatic rings. The van der Waals surface area contributed by atoms with Gasteiger partial charge in [0.2, 0.25) is 0 Å². The fourth-order valence-corrected chi connectivity index (χ4v) is 2.44. The van der Waals surface area contributed by atoms with Gasteiger partial charge in [-0.25, -0.2) is 4.39 Å². The number of benzene rings is 2. The van der Waals surface area contributed by atoms with Crippen LogP contribution in [0.15, 0.2) is 42.5 Å². The molecule has 0 aliphatic heterocycles. The van der Waals surface area contributed by atoms with Gasteiger partial charge < -0.3 is 10.1 Å². The minimum atomic E-state index is -4.48. The molecule has 0 saturated heterocycles. The number of ether oxygens (including phenoxy) is 1. The van der Waals surface area contributed by atoms with Gasteiger partial charge in [-0.15, -0.1) is 0 Å². The van der Waals surface area contributed by atoms with E-state index in [1.165, 1.54) is 30.3 Å². The topological polar surface area (TPSA) is 38.3 Å². The molecule has 0 aromatic heterocycles. The van der Waals surface area contributed by atoms with Crippen molar-refractivity contribution in [2.24, 2.45) is 0 Å². The van der Waals surface area contributed by atoms with Crippen LogP contribution in [0.4, 0.5) is 23.2 Å². The molecule has 2 rings (SSSR count). The highest BCUT2D eigenvalue weighted by atomic mass is 127. The van der Waals surface area contributed by atoms with Crippen LogP contribution in [0.2, 0.25) is 0 Å². The number of nitrogens with one attached hydrogen (secondary N) is 1. The van der Waals surface area contributed by atoms with Crippen molar-refractivity contribution in [3.8, 4) is 5.75 Å². The Hall–Kier alpha value is -1.84. The van der Waals surface area contributed by atoms with Crippen molar-refractivity contribution in [3.63, 3.8) is 0 Å². The summed E-state index contributed by atoms with van der Waals surface area (Å²) in [5.41, 5.74) is 0.305. The molecular weight excluding hydrogens is 429 g/mol. The number of hydrogen-bond donors (Lipinski definition) is 1. The molecule has 1 N–H and O–H groups in total. The highest BCUT2D eigenvalue weighted by Gasteiger charge is 2.29. The number of hydrogen-bond acceptors (Lipinski definition) is 2. The van der Waals surface area contributed by atoms with E-state index in [0.717, 1.165) is 6.07 Å². The van der Waals surface area contributed by atoms with Crippen LogP contribution in [-0.2, 0) is 0 Å². The Bertz CT molecular complexity index is 719. The van der Waals surface area contributed by atoms with Crippen molar-refractivity contribution in [2.75, 3.05) is 11.9 Å². The van der Waals surface area contributed by atoms with Crippen molar-refractivity contribution in [3.05, 3.63) is 57.4 Å². The van der Waals surface area contributed by atoms with Crippen LogP contribution < -0.4 is 10.1 Å². The summed E-state index contributed by atoms with van der Waals surface area (Å²) >= 11 is 1.80. The molecule has 0 unspecified atom stereocenters. The quantitative estimate of drug-likeness (QED) is 0.558. The van der Waals surface area contributed by atoms with Crippen molar-refractivity contribution in [1.82, 2.24) is 0 Å². The molecule has 0 radical (unpaired) electrons. The minimum absolute atomic E-state index is 0.0990. The Labute approximate surface area is 142 Å². The predicted octanol–water partition coefficient (Wildman–Crippen LogP) is 4.62. The third-order valence-electron chi connectivity index (χ3n) is 2.70. The van der Waals surface area contributed by atoms with E-state index in [0.29, 0.717) is 3.57 Å². The van der Waals surface area contributed by atoms with Gasteiger partial charge in [-0.3, -0.25) is 4.79 Å². The van der Waals surface area contributed by atoms with Crippen molar-refractivity contribution in [2.45, 2.75) is 6.18 Å². The average molecular weight is 439 g/mol. The summed E-state index contributed by atoms with van der Waals surface area (Å²) in [4.78, 5) is 12.2. The Morgan fingerprint density at radius 1 is 1.17 bits per heavy atom. The number of alkyl halides is 3. The zero-order valence-corrected chi connectivity index (χ0v) is 13.6. The third-order valence-corrected chi connectivity index (χ3v) is 3.59. The number of carbonyl (C=O) groups is 1. The van der Waals surface area contributed by atoms with E-state index in [4.69, 9.17) is 0 Å². The molecule has 2 aromatic carbocycles. The molecule has 3 nitrogen and oxygen atoms in total. The zero-order valence-electron chi connectivity index (χ0n) is 11.5. The normalized spacial score (nSPS) is 11.2. The van der Waals surface area contributed by atoms with Gasteiger partial charge in [-0.05, 0) is 52.9 Å². The first kappa shape index (κ1) is 17.5. The summed E-state index contributed by atoms with van der Waals surface area (Å²) in [5, 5.41) is 2.46. The van der Waals surface area contributed by atoms with Crippen LogP contribution in [0.25, 0.3) is 0 Å². The number of amides is 1. The van der Waals surface area contributed by atoms with Crippen LogP contribution in [-0.4, -0.2) is 18.7 Å². The minimum Gasteiger partial charge on any atom is -0.482 e. The van der Waals surface area contributed by atoms with E-state index in [9.17, 15) is 22.4 Å². The number of para-hydroxylation sites is 2. The lowest BCUT2D eigenvalue weighted by Gasteiger charge is -2.14. The maximum atomic E-state index is 13.1. The molecular formula is C15H10F4INO2. The molecule has 2 aromatic rings. The Morgan fingerprint density at radius 3 is 2.52 bits per heavy atom. The molecule has 0 saturated carbocycles. The number of anilines is 1. The maximum absolute atomic E-state index is 13.1.